The Morgan fingerprint density at radius 3 is 1.81 bits per heavy atom. The first kappa shape index (κ1) is 31.7. The van der Waals surface area contributed by atoms with Gasteiger partial charge in [-0.25, -0.2) is 0 Å². The van der Waals surface area contributed by atoms with Crippen LogP contribution in [0, 0.1) is 0 Å². The van der Waals surface area contributed by atoms with Crippen molar-refractivity contribution in [3.63, 3.8) is 0 Å². The molecule has 0 fully saturated rings. The van der Waals surface area contributed by atoms with Crippen molar-refractivity contribution < 1.29 is 4.42 Å². The zero-order valence-electron chi connectivity index (χ0n) is 30.9. The first-order valence-electron chi connectivity index (χ1n) is 19.5. The zero-order valence-corrected chi connectivity index (χ0v) is 30.9. The number of fused-ring (bicyclic) bond motifs is 10. The standard InChI is InChI=1S/C54H34N2O/c1-3-14-38-31-40(22-21-35(38)11-1)44-16-7-9-19-50(44)55(43-27-30-48-49-28-24-37-13-5-6-17-45(37)54(49)57-53(48)34-43)42-26-29-47-46-18-8-10-20-51(46)56(52(47)33-42)41-25-23-36-12-2-4-15-39(36)32-41/h1-34H. The number of furan rings is 1. The summed E-state index contributed by atoms with van der Waals surface area (Å²) in [5, 5.41) is 11.9. The highest BCUT2D eigenvalue weighted by molar-refractivity contribution is 6.16. The van der Waals surface area contributed by atoms with Gasteiger partial charge in [0.2, 0.25) is 0 Å². The fourth-order valence-electron chi connectivity index (χ4n) is 9.02. The maximum atomic E-state index is 6.78. The summed E-state index contributed by atoms with van der Waals surface area (Å²) in [6, 6.07) is 74.7. The molecule has 0 N–H and O–H groups in total. The second-order valence-corrected chi connectivity index (χ2v) is 14.9. The summed E-state index contributed by atoms with van der Waals surface area (Å²) in [4.78, 5) is 2.40. The summed E-state index contributed by atoms with van der Waals surface area (Å²) in [7, 11) is 0. The lowest BCUT2D eigenvalue weighted by molar-refractivity contribution is 0.672. The fourth-order valence-corrected chi connectivity index (χ4v) is 9.02. The molecule has 3 heteroatoms. The van der Waals surface area contributed by atoms with Crippen molar-refractivity contribution in [2.24, 2.45) is 0 Å². The molecule has 0 spiro atoms. The predicted octanol–water partition coefficient (Wildman–Crippen LogP) is 15.3. The molecule has 0 radical (unpaired) electrons. The minimum Gasteiger partial charge on any atom is -0.455 e. The van der Waals surface area contributed by atoms with Gasteiger partial charge in [-0.2, -0.15) is 0 Å². The highest BCUT2D eigenvalue weighted by Crippen LogP contribution is 2.45. The summed E-state index contributed by atoms with van der Waals surface area (Å²) in [5.41, 5.74) is 10.7. The molecule has 10 aromatic carbocycles. The number of benzene rings is 10. The van der Waals surface area contributed by atoms with E-state index in [-0.39, 0.29) is 0 Å². The Balaban J connectivity index is 1.12. The Labute approximate surface area is 328 Å². The van der Waals surface area contributed by atoms with E-state index in [2.05, 4.69) is 216 Å². The molecule has 12 rings (SSSR count). The minimum atomic E-state index is 0.860. The average molecular weight is 727 g/mol. The van der Waals surface area contributed by atoms with E-state index in [1.165, 1.54) is 43.2 Å². The summed E-state index contributed by atoms with van der Waals surface area (Å²) in [6.07, 6.45) is 0. The Bertz CT molecular complexity index is 3550. The topological polar surface area (TPSA) is 21.3 Å². The largest absolute Gasteiger partial charge is 0.455 e. The van der Waals surface area contributed by atoms with Crippen molar-refractivity contribution in [3.8, 4) is 16.8 Å². The van der Waals surface area contributed by atoms with Crippen molar-refractivity contribution in [1.82, 2.24) is 4.57 Å². The molecule has 0 saturated carbocycles. The van der Waals surface area contributed by atoms with Gasteiger partial charge in [-0.05, 0) is 93.2 Å². The van der Waals surface area contributed by atoms with Crippen LogP contribution < -0.4 is 4.90 Å². The van der Waals surface area contributed by atoms with Crippen LogP contribution in [0.3, 0.4) is 0 Å². The molecule has 0 unspecified atom stereocenters. The quantitative estimate of drug-likeness (QED) is 0.176. The molecule has 12 aromatic rings. The zero-order chi connectivity index (χ0) is 37.5. The molecule has 2 heterocycles. The third-order valence-electron chi connectivity index (χ3n) is 11.7. The van der Waals surface area contributed by atoms with Gasteiger partial charge in [0.25, 0.3) is 0 Å². The van der Waals surface area contributed by atoms with Crippen LogP contribution in [-0.2, 0) is 0 Å². The van der Waals surface area contributed by atoms with E-state index in [1.807, 2.05) is 0 Å². The van der Waals surface area contributed by atoms with Gasteiger partial charge in [-0.3, -0.25) is 0 Å². The number of aromatic nitrogens is 1. The lowest BCUT2D eigenvalue weighted by Crippen LogP contribution is -2.11. The highest BCUT2D eigenvalue weighted by Gasteiger charge is 2.22. The van der Waals surface area contributed by atoms with Gasteiger partial charge in [-0.1, -0.05) is 140 Å². The molecule has 0 aliphatic carbocycles. The number of anilines is 3. The summed E-state index contributed by atoms with van der Waals surface area (Å²) in [6.45, 7) is 0. The number of nitrogens with zero attached hydrogens (tertiary/aromatic N) is 2. The third-order valence-corrected chi connectivity index (χ3v) is 11.7. The lowest BCUT2D eigenvalue weighted by Gasteiger charge is -2.28. The lowest BCUT2D eigenvalue weighted by atomic mass is 9.98. The molecular weight excluding hydrogens is 693 g/mol. The summed E-state index contributed by atoms with van der Waals surface area (Å²) in [5.74, 6) is 0. The van der Waals surface area contributed by atoms with Crippen molar-refractivity contribution in [1.29, 1.82) is 0 Å². The maximum absolute atomic E-state index is 6.78. The molecule has 0 amide bonds. The van der Waals surface area contributed by atoms with Crippen LogP contribution in [0.2, 0.25) is 0 Å². The van der Waals surface area contributed by atoms with Crippen LogP contribution in [0.1, 0.15) is 0 Å². The van der Waals surface area contributed by atoms with Gasteiger partial charge in [-0.15, -0.1) is 0 Å². The maximum Gasteiger partial charge on any atom is 0.143 e. The Morgan fingerprint density at radius 2 is 0.965 bits per heavy atom. The average Bonchev–Trinajstić information content (AvgIpc) is 3.82. The predicted molar refractivity (Wildman–Crippen MR) is 241 cm³/mol. The number of hydrogen-bond donors (Lipinski definition) is 0. The van der Waals surface area contributed by atoms with Crippen LogP contribution in [0.15, 0.2) is 211 Å². The smallest absolute Gasteiger partial charge is 0.143 e. The Morgan fingerprint density at radius 1 is 0.368 bits per heavy atom. The normalized spacial score (nSPS) is 11.9. The fraction of sp³-hybridized carbons (Fsp3) is 0. The van der Waals surface area contributed by atoms with Crippen LogP contribution in [0.25, 0.3) is 92.9 Å². The van der Waals surface area contributed by atoms with Gasteiger partial charge >= 0.3 is 0 Å². The first-order valence-corrected chi connectivity index (χ1v) is 19.5. The second-order valence-electron chi connectivity index (χ2n) is 14.9. The van der Waals surface area contributed by atoms with E-state index in [0.717, 1.165) is 66.7 Å². The van der Waals surface area contributed by atoms with Crippen molar-refractivity contribution >= 4 is 93.1 Å². The molecule has 0 aliphatic heterocycles. The molecule has 0 saturated heterocycles. The van der Waals surface area contributed by atoms with Gasteiger partial charge < -0.3 is 13.9 Å². The van der Waals surface area contributed by atoms with Crippen LogP contribution >= 0.6 is 0 Å². The highest BCUT2D eigenvalue weighted by atomic mass is 16.3. The van der Waals surface area contributed by atoms with Crippen molar-refractivity contribution in [2.45, 2.75) is 0 Å². The van der Waals surface area contributed by atoms with Gasteiger partial charge in [0, 0.05) is 55.6 Å². The molecule has 3 nitrogen and oxygen atoms in total. The molecule has 0 atom stereocenters. The van der Waals surface area contributed by atoms with Gasteiger partial charge in [0.1, 0.15) is 11.2 Å². The molecule has 2 aromatic heterocycles. The number of para-hydroxylation sites is 2. The Kier molecular flexibility index (Phi) is 6.93. The monoisotopic (exact) mass is 726 g/mol. The SMILES string of the molecule is c1ccc(N(c2ccc3c(c2)oc2c4ccccc4ccc32)c2ccc3c4ccccc4n(-c4ccc5ccccc5c4)c3c2)c(-c2ccc3ccccc3c2)c1. The van der Waals surface area contributed by atoms with Crippen LogP contribution in [0.4, 0.5) is 17.1 Å². The molecule has 0 aliphatic rings. The van der Waals surface area contributed by atoms with Crippen LogP contribution in [0.5, 0.6) is 0 Å². The van der Waals surface area contributed by atoms with Crippen molar-refractivity contribution in [2.75, 3.05) is 4.90 Å². The van der Waals surface area contributed by atoms with E-state index in [0.29, 0.717) is 0 Å². The van der Waals surface area contributed by atoms with Gasteiger partial charge in [0.05, 0.1) is 16.7 Å². The van der Waals surface area contributed by atoms with Gasteiger partial charge in [0.15, 0.2) is 0 Å². The van der Waals surface area contributed by atoms with E-state index in [9.17, 15) is 0 Å². The molecule has 266 valence electrons. The number of hydrogen-bond acceptors (Lipinski definition) is 2. The molecule has 0 bridgehead atoms. The van der Waals surface area contributed by atoms with E-state index in [4.69, 9.17) is 4.42 Å². The molecular formula is C54H34N2O. The number of rotatable bonds is 5. The van der Waals surface area contributed by atoms with E-state index in [1.54, 1.807) is 0 Å². The van der Waals surface area contributed by atoms with E-state index >= 15 is 0 Å². The third kappa shape index (κ3) is 4.99. The second kappa shape index (κ2) is 12.5. The summed E-state index contributed by atoms with van der Waals surface area (Å²) >= 11 is 0. The first-order chi connectivity index (χ1) is 28.2. The van der Waals surface area contributed by atoms with E-state index < -0.39 is 0 Å². The van der Waals surface area contributed by atoms with Crippen molar-refractivity contribution in [3.05, 3.63) is 206 Å². The summed E-state index contributed by atoms with van der Waals surface area (Å²) < 4.78 is 9.20. The molecule has 57 heavy (non-hydrogen) atoms. The minimum absolute atomic E-state index is 0.860. The van der Waals surface area contributed by atoms with Crippen LogP contribution in [-0.4, -0.2) is 4.57 Å². The Hall–Kier alpha value is -7.62.